The fourth-order valence-corrected chi connectivity index (χ4v) is 4.41. The van der Waals surface area contributed by atoms with Crippen molar-refractivity contribution in [3.05, 3.63) is 64.0 Å². The summed E-state index contributed by atoms with van der Waals surface area (Å²) in [5.41, 5.74) is 1.36. The zero-order valence-electron chi connectivity index (χ0n) is 18.7. The number of carbonyl (C=O) groups excluding carboxylic acids is 3. The number of halogens is 1. The molecule has 1 N–H and O–H groups in total. The quantitative estimate of drug-likeness (QED) is 0.521. The molecule has 0 radical (unpaired) electrons. The van der Waals surface area contributed by atoms with E-state index in [4.69, 9.17) is 16.3 Å². The van der Waals surface area contributed by atoms with E-state index in [1.165, 1.54) is 4.90 Å². The molecule has 2 aromatic carbocycles. The Morgan fingerprint density at radius 3 is 2.61 bits per heavy atom. The first kappa shape index (κ1) is 24.8. The van der Waals surface area contributed by atoms with Gasteiger partial charge in [0.05, 0.1) is 4.91 Å². The van der Waals surface area contributed by atoms with E-state index in [0.717, 1.165) is 23.9 Å². The first-order chi connectivity index (χ1) is 15.7. The van der Waals surface area contributed by atoms with Gasteiger partial charge in [0.25, 0.3) is 17.1 Å². The number of thioether (sulfide) groups is 1. The molecule has 7 nitrogen and oxygen atoms in total. The number of rotatable bonds is 9. The zero-order valence-corrected chi connectivity index (χ0v) is 20.3. The second kappa shape index (κ2) is 11.4. The third-order valence-corrected chi connectivity index (χ3v) is 5.84. The molecule has 1 aliphatic heterocycles. The summed E-state index contributed by atoms with van der Waals surface area (Å²) in [6.07, 6.45) is 1.69. The predicted octanol–water partition coefficient (Wildman–Crippen LogP) is 4.59. The van der Waals surface area contributed by atoms with E-state index in [1.807, 2.05) is 25.9 Å². The van der Waals surface area contributed by atoms with Crippen LogP contribution in [0.15, 0.2) is 53.4 Å². The minimum absolute atomic E-state index is 0.157. The highest BCUT2D eigenvalue weighted by molar-refractivity contribution is 8.18. The molecule has 2 aromatic rings. The molecule has 0 aromatic heterocycles. The highest BCUT2D eigenvalue weighted by atomic mass is 35.5. The van der Waals surface area contributed by atoms with Gasteiger partial charge in [-0.15, -0.1) is 0 Å². The molecule has 3 amide bonds. The average molecular weight is 488 g/mol. The minimum atomic E-state index is -0.307. The lowest BCUT2D eigenvalue weighted by Gasteiger charge is -2.21. The van der Waals surface area contributed by atoms with Crippen molar-refractivity contribution in [1.82, 2.24) is 9.80 Å². The molecular weight excluding hydrogens is 462 g/mol. The first-order valence-electron chi connectivity index (χ1n) is 10.4. The second-order valence-electron chi connectivity index (χ2n) is 8.08. The summed E-state index contributed by atoms with van der Waals surface area (Å²) in [4.78, 5) is 40.8. The fraction of sp³-hybridized carbons (Fsp3) is 0.292. The zero-order chi connectivity index (χ0) is 24.0. The molecule has 0 spiro atoms. The van der Waals surface area contributed by atoms with Crippen molar-refractivity contribution < 1.29 is 19.1 Å². The molecule has 0 saturated carbocycles. The van der Waals surface area contributed by atoms with Crippen LogP contribution in [0.2, 0.25) is 5.02 Å². The van der Waals surface area contributed by atoms with Gasteiger partial charge in [0.1, 0.15) is 5.75 Å². The van der Waals surface area contributed by atoms with Gasteiger partial charge in [-0.25, -0.2) is 0 Å². The van der Waals surface area contributed by atoms with Crippen LogP contribution < -0.4 is 10.1 Å². The third kappa shape index (κ3) is 7.35. The average Bonchev–Trinajstić information content (AvgIpc) is 3.00. The molecular formula is C24H26ClN3O4S. The van der Waals surface area contributed by atoms with Crippen molar-refractivity contribution in [1.29, 1.82) is 0 Å². The Balaban J connectivity index is 1.54. The van der Waals surface area contributed by atoms with E-state index < -0.39 is 0 Å². The lowest BCUT2D eigenvalue weighted by Crippen LogP contribution is -2.35. The van der Waals surface area contributed by atoms with E-state index in [1.54, 1.807) is 54.6 Å². The van der Waals surface area contributed by atoms with Crippen LogP contribution in [-0.4, -0.2) is 60.6 Å². The van der Waals surface area contributed by atoms with E-state index in [2.05, 4.69) is 5.32 Å². The number of benzene rings is 2. The Morgan fingerprint density at radius 1 is 1.21 bits per heavy atom. The Hall–Kier alpha value is -2.81. The van der Waals surface area contributed by atoms with Gasteiger partial charge in [0.2, 0.25) is 0 Å². The van der Waals surface area contributed by atoms with Crippen molar-refractivity contribution in [2.24, 2.45) is 5.92 Å². The molecule has 0 bridgehead atoms. The summed E-state index contributed by atoms with van der Waals surface area (Å²) in [6.45, 7) is 3.04. The maximum atomic E-state index is 12.7. The minimum Gasteiger partial charge on any atom is -0.484 e. The summed E-state index contributed by atoms with van der Waals surface area (Å²) in [6, 6.07) is 13.8. The van der Waals surface area contributed by atoms with Crippen LogP contribution in [-0.2, 0) is 9.59 Å². The Bertz CT molecular complexity index is 1060. The highest BCUT2D eigenvalue weighted by Crippen LogP contribution is 2.33. The van der Waals surface area contributed by atoms with Crippen molar-refractivity contribution in [3.8, 4) is 5.75 Å². The van der Waals surface area contributed by atoms with Crippen molar-refractivity contribution >= 4 is 52.2 Å². The van der Waals surface area contributed by atoms with Crippen LogP contribution in [0.5, 0.6) is 5.75 Å². The molecule has 174 valence electrons. The molecule has 1 aliphatic rings. The molecule has 3 rings (SSSR count). The Labute approximate surface area is 202 Å². The van der Waals surface area contributed by atoms with Crippen molar-refractivity contribution in [2.75, 3.05) is 39.1 Å². The van der Waals surface area contributed by atoms with Gasteiger partial charge < -0.3 is 15.0 Å². The highest BCUT2D eigenvalue weighted by Gasteiger charge is 2.35. The molecule has 1 atom stereocenters. The smallest absolute Gasteiger partial charge is 0.293 e. The number of nitrogens with one attached hydrogen (secondary N) is 1. The number of anilines is 1. The summed E-state index contributed by atoms with van der Waals surface area (Å²) in [5, 5.41) is 3.00. The normalized spacial score (nSPS) is 15.9. The van der Waals surface area contributed by atoms with Gasteiger partial charge in [-0.2, -0.15) is 0 Å². The van der Waals surface area contributed by atoms with Gasteiger partial charge in [-0.1, -0.05) is 36.7 Å². The van der Waals surface area contributed by atoms with Gasteiger partial charge in [-0.3, -0.25) is 19.3 Å². The van der Waals surface area contributed by atoms with E-state index >= 15 is 0 Å². The number of amides is 3. The molecule has 1 unspecified atom stereocenters. The van der Waals surface area contributed by atoms with Gasteiger partial charge >= 0.3 is 0 Å². The van der Waals surface area contributed by atoms with Gasteiger partial charge in [0.15, 0.2) is 6.61 Å². The summed E-state index contributed by atoms with van der Waals surface area (Å²) in [5.74, 6) is 0.117. The number of carbonyl (C=O) groups is 3. The number of hydrogen-bond acceptors (Lipinski definition) is 6. The maximum Gasteiger partial charge on any atom is 0.293 e. The second-order valence-corrected chi connectivity index (χ2v) is 9.51. The molecule has 1 saturated heterocycles. The molecule has 0 aliphatic carbocycles. The predicted molar refractivity (Wildman–Crippen MR) is 132 cm³/mol. The van der Waals surface area contributed by atoms with Crippen molar-refractivity contribution in [2.45, 2.75) is 6.92 Å². The van der Waals surface area contributed by atoms with E-state index in [0.29, 0.717) is 27.9 Å². The van der Waals surface area contributed by atoms with Gasteiger partial charge in [-0.05, 0) is 73.7 Å². The SMILES string of the molecule is CC(CN(C)C)CN1C(=O)S/C(=C\c2ccc(OCC(=O)Nc3cccc(Cl)c3)cc2)C1=O. The summed E-state index contributed by atoms with van der Waals surface area (Å²) >= 11 is 6.86. The Morgan fingerprint density at radius 2 is 1.94 bits per heavy atom. The van der Waals surface area contributed by atoms with Crippen LogP contribution in [0.3, 0.4) is 0 Å². The van der Waals surface area contributed by atoms with Gasteiger partial charge in [0, 0.05) is 23.8 Å². The first-order valence-corrected chi connectivity index (χ1v) is 11.6. The fourth-order valence-electron chi connectivity index (χ4n) is 3.37. The van der Waals surface area contributed by atoms with E-state index in [-0.39, 0.29) is 29.6 Å². The largest absolute Gasteiger partial charge is 0.484 e. The summed E-state index contributed by atoms with van der Waals surface area (Å²) < 4.78 is 5.52. The Kier molecular flexibility index (Phi) is 8.55. The molecule has 1 heterocycles. The number of imide groups is 1. The molecule has 33 heavy (non-hydrogen) atoms. The molecule has 1 fully saturated rings. The standard InChI is InChI=1S/C24H26ClN3O4S/c1-16(13-27(2)3)14-28-23(30)21(33-24(28)31)11-17-7-9-20(10-8-17)32-15-22(29)26-19-6-4-5-18(25)12-19/h4-12,16H,13-15H2,1-3H3,(H,26,29)/b21-11-. The maximum absolute atomic E-state index is 12.7. The van der Waals surface area contributed by atoms with Crippen LogP contribution in [0.4, 0.5) is 10.5 Å². The monoisotopic (exact) mass is 487 g/mol. The van der Waals surface area contributed by atoms with Crippen LogP contribution in [0.1, 0.15) is 12.5 Å². The van der Waals surface area contributed by atoms with E-state index in [9.17, 15) is 14.4 Å². The number of hydrogen-bond donors (Lipinski definition) is 1. The molecule has 9 heteroatoms. The lowest BCUT2D eigenvalue weighted by atomic mass is 10.1. The van der Waals surface area contributed by atoms with Crippen molar-refractivity contribution in [3.63, 3.8) is 0 Å². The summed E-state index contributed by atoms with van der Waals surface area (Å²) in [7, 11) is 3.92. The lowest BCUT2D eigenvalue weighted by molar-refractivity contribution is -0.123. The van der Waals surface area contributed by atoms with Crippen LogP contribution in [0, 0.1) is 5.92 Å². The number of nitrogens with zero attached hydrogens (tertiary/aromatic N) is 2. The number of ether oxygens (including phenoxy) is 1. The van der Waals surface area contributed by atoms with Crippen LogP contribution >= 0.6 is 23.4 Å². The van der Waals surface area contributed by atoms with Crippen LogP contribution in [0.25, 0.3) is 6.08 Å². The third-order valence-electron chi connectivity index (χ3n) is 4.70. The topological polar surface area (TPSA) is 79.0 Å².